The number of aryl methyl sites for hydroxylation is 1. The Morgan fingerprint density at radius 1 is 1.10 bits per heavy atom. The summed E-state index contributed by atoms with van der Waals surface area (Å²) in [5, 5.41) is 3.49. The normalized spacial score (nSPS) is 19.4. The first-order chi connectivity index (χ1) is 13.9. The standard InChI is InChI=1S/C19H26ClN5O2S2/c1-14-13-17(23-19(21-14)22-15-5-3-2-4-6-15)24-9-11-25(12-10-24)29(26,27)18-8-7-16(20)28-18/h7-8,13,15H,2-6,9-12H2,1H3,(H,21,22,23). The van der Waals surface area contributed by atoms with E-state index in [0.717, 1.165) is 35.7 Å². The van der Waals surface area contributed by atoms with Gasteiger partial charge in [0.15, 0.2) is 0 Å². The smallest absolute Gasteiger partial charge is 0.252 e. The number of halogens is 1. The molecule has 2 aromatic rings. The Morgan fingerprint density at radius 2 is 1.83 bits per heavy atom. The average Bonchev–Trinajstić information content (AvgIpc) is 3.16. The summed E-state index contributed by atoms with van der Waals surface area (Å²) in [6, 6.07) is 5.61. The lowest BCUT2D eigenvalue weighted by atomic mass is 9.96. The molecule has 7 nitrogen and oxygen atoms in total. The first-order valence-corrected chi connectivity index (χ1v) is 12.7. The van der Waals surface area contributed by atoms with Crippen LogP contribution in [0.15, 0.2) is 22.4 Å². The molecule has 2 aromatic heterocycles. The molecule has 0 amide bonds. The van der Waals surface area contributed by atoms with E-state index >= 15 is 0 Å². The summed E-state index contributed by atoms with van der Waals surface area (Å²) in [7, 11) is -3.49. The Morgan fingerprint density at radius 3 is 2.48 bits per heavy atom. The van der Waals surface area contributed by atoms with E-state index in [9.17, 15) is 8.42 Å². The topological polar surface area (TPSA) is 78.4 Å². The Labute approximate surface area is 181 Å². The number of hydrogen-bond donors (Lipinski definition) is 1. The fraction of sp³-hybridized carbons (Fsp3) is 0.579. The predicted molar refractivity (Wildman–Crippen MR) is 118 cm³/mol. The fourth-order valence-electron chi connectivity index (χ4n) is 3.93. The molecule has 0 bridgehead atoms. The molecule has 1 N–H and O–H groups in total. The fourth-order valence-corrected chi connectivity index (χ4v) is 6.99. The van der Waals surface area contributed by atoms with Crippen molar-refractivity contribution in [1.82, 2.24) is 14.3 Å². The van der Waals surface area contributed by atoms with E-state index in [4.69, 9.17) is 16.6 Å². The highest BCUT2D eigenvalue weighted by molar-refractivity contribution is 7.91. The predicted octanol–water partition coefficient (Wildman–Crippen LogP) is 3.76. The van der Waals surface area contributed by atoms with Gasteiger partial charge in [-0.25, -0.2) is 13.4 Å². The van der Waals surface area contributed by atoms with Crippen LogP contribution in [0.5, 0.6) is 0 Å². The third-order valence-corrected chi connectivity index (χ3v) is 9.08. The van der Waals surface area contributed by atoms with Crippen molar-refractivity contribution in [3.05, 3.63) is 28.2 Å². The minimum absolute atomic E-state index is 0.299. The Balaban J connectivity index is 1.43. The number of sulfonamides is 1. The minimum Gasteiger partial charge on any atom is -0.354 e. The van der Waals surface area contributed by atoms with E-state index < -0.39 is 10.0 Å². The molecule has 1 aliphatic carbocycles. The molecule has 0 aromatic carbocycles. The lowest BCUT2D eigenvalue weighted by molar-refractivity contribution is 0.384. The lowest BCUT2D eigenvalue weighted by Crippen LogP contribution is -2.48. The molecule has 0 unspecified atom stereocenters. The summed E-state index contributed by atoms with van der Waals surface area (Å²) in [5.74, 6) is 1.53. The monoisotopic (exact) mass is 455 g/mol. The molecular formula is C19H26ClN5O2S2. The number of piperazine rings is 1. The number of thiophene rings is 1. The third-order valence-electron chi connectivity index (χ3n) is 5.48. The van der Waals surface area contributed by atoms with Crippen LogP contribution in [0, 0.1) is 6.92 Å². The van der Waals surface area contributed by atoms with E-state index in [0.29, 0.717) is 46.7 Å². The van der Waals surface area contributed by atoms with Crippen LogP contribution in [0.4, 0.5) is 11.8 Å². The van der Waals surface area contributed by atoms with Crippen molar-refractivity contribution in [3.63, 3.8) is 0 Å². The maximum Gasteiger partial charge on any atom is 0.252 e. The van der Waals surface area contributed by atoms with Gasteiger partial charge in [-0.3, -0.25) is 0 Å². The quantitative estimate of drug-likeness (QED) is 0.739. The van der Waals surface area contributed by atoms with Crippen molar-refractivity contribution >= 4 is 44.7 Å². The molecule has 3 heterocycles. The van der Waals surface area contributed by atoms with Gasteiger partial charge in [0.05, 0.1) is 4.34 Å². The number of rotatable bonds is 5. The van der Waals surface area contributed by atoms with Crippen LogP contribution in [0.25, 0.3) is 0 Å². The zero-order valence-corrected chi connectivity index (χ0v) is 18.9. The SMILES string of the molecule is Cc1cc(N2CCN(S(=O)(=O)c3ccc(Cl)s3)CC2)nc(NC2CCCCC2)n1. The lowest BCUT2D eigenvalue weighted by Gasteiger charge is -2.34. The number of hydrogen-bond acceptors (Lipinski definition) is 7. The maximum atomic E-state index is 12.8. The largest absolute Gasteiger partial charge is 0.354 e. The van der Waals surface area contributed by atoms with Crippen LogP contribution >= 0.6 is 22.9 Å². The second-order valence-corrected chi connectivity index (χ2v) is 11.5. The number of anilines is 2. The number of nitrogens with one attached hydrogen (secondary N) is 1. The molecule has 0 atom stereocenters. The minimum atomic E-state index is -3.49. The summed E-state index contributed by atoms with van der Waals surface area (Å²) in [4.78, 5) is 11.4. The first kappa shape index (κ1) is 20.8. The van der Waals surface area contributed by atoms with Gasteiger partial charge < -0.3 is 10.2 Å². The molecule has 2 fully saturated rings. The van der Waals surface area contributed by atoms with Crippen LogP contribution in [0.1, 0.15) is 37.8 Å². The van der Waals surface area contributed by atoms with Gasteiger partial charge in [0.25, 0.3) is 10.0 Å². The van der Waals surface area contributed by atoms with E-state index in [-0.39, 0.29) is 0 Å². The number of aromatic nitrogens is 2. The molecule has 29 heavy (non-hydrogen) atoms. The van der Waals surface area contributed by atoms with Gasteiger partial charge >= 0.3 is 0 Å². The van der Waals surface area contributed by atoms with Crippen molar-refractivity contribution in [3.8, 4) is 0 Å². The van der Waals surface area contributed by atoms with E-state index in [1.54, 1.807) is 12.1 Å². The molecule has 1 saturated heterocycles. The van der Waals surface area contributed by atoms with Crippen LogP contribution in [0.2, 0.25) is 4.34 Å². The second kappa shape index (κ2) is 8.75. The highest BCUT2D eigenvalue weighted by Crippen LogP contribution is 2.29. The van der Waals surface area contributed by atoms with Gasteiger partial charge in [-0.1, -0.05) is 30.9 Å². The highest BCUT2D eigenvalue weighted by atomic mass is 35.5. The number of nitrogens with zero attached hydrogens (tertiary/aromatic N) is 4. The van der Waals surface area contributed by atoms with Gasteiger partial charge in [0, 0.05) is 44.0 Å². The summed E-state index contributed by atoms with van der Waals surface area (Å²) in [6.45, 7) is 4.01. The molecule has 158 valence electrons. The molecule has 10 heteroatoms. The van der Waals surface area contributed by atoms with Gasteiger partial charge in [0.1, 0.15) is 10.0 Å². The second-order valence-electron chi connectivity index (χ2n) is 7.62. The highest BCUT2D eigenvalue weighted by Gasteiger charge is 2.30. The van der Waals surface area contributed by atoms with Gasteiger partial charge in [0.2, 0.25) is 5.95 Å². The molecule has 1 saturated carbocycles. The molecular weight excluding hydrogens is 430 g/mol. The summed E-state index contributed by atoms with van der Waals surface area (Å²) in [6.07, 6.45) is 6.14. The zero-order valence-electron chi connectivity index (χ0n) is 16.5. The Hall–Kier alpha value is -1.42. The van der Waals surface area contributed by atoms with Gasteiger partial charge in [-0.15, -0.1) is 11.3 Å². The average molecular weight is 456 g/mol. The van der Waals surface area contributed by atoms with Crippen LogP contribution in [0.3, 0.4) is 0 Å². The van der Waals surface area contributed by atoms with Gasteiger partial charge in [-0.05, 0) is 31.9 Å². The van der Waals surface area contributed by atoms with Crippen molar-refractivity contribution in [2.75, 3.05) is 36.4 Å². The van der Waals surface area contributed by atoms with Crippen molar-refractivity contribution in [1.29, 1.82) is 0 Å². The Kier molecular flexibility index (Phi) is 6.29. The third kappa shape index (κ3) is 4.84. The summed E-state index contributed by atoms with van der Waals surface area (Å²) in [5.41, 5.74) is 0.914. The molecule has 0 radical (unpaired) electrons. The van der Waals surface area contributed by atoms with Crippen LogP contribution < -0.4 is 10.2 Å². The van der Waals surface area contributed by atoms with Crippen molar-refractivity contribution in [2.24, 2.45) is 0 Å². The maximum absolute atomic E-state index is 12.8. The van der Waals surface area contributed by atoms with E-state index in [1.807, 2.05) is 13.0 Å². The molecule has 0 spiro atoms. The molecule has 2 aliphatic rings. The molecule has 1 aliphatic heterocycles. The van der Waals surface area contributed by atoms with Gasteiger partial charge in [-0.2, -0.15) is 9.29 Å². The van der Waals surface area contributed by atoms with Crippen molar-refractivity contribution < 1.29 is 8.42 Å². The van der Waals surface area contributed by atoms with Crippen LogP contribution in [-0.4, -0.2) is 54.9 Å². The van der Waals surface area contributed by atoms with Crippen molar-refractivity contribution in [2.45, 2.75) is 49.3 Å². The first-order valence-electron chi connectivity index (χ1n) is 10.0. The van der Waals surface area contributed by atoms with Crippen LogP contribution in [-0.2, 0) is 10.0 Å². The van der Waals surface area contributed by atoms with E-state index in [2.05, 4.69) is 15.2 Å². The zero-order chi connectivity index (χ0) is 20.4. The van der Waals surface area contributed by atoms with E-state index in [1.165, 1.54) is 23.6 Å². The summed E-state index contributed by atoms with van der Waals surface area (Å²) < 4.78 is 27.9. The Bertz CT molecular complexity index is 951. The molecule has 4 rings (SSSR count). The summed E-state index contributed by atoms with van der Waals surface area (Å²) >= 11 is 7.01.